The number of nitrogens with zero attached hydrogens (tertiary/aromatic N) is 3. The molecule has 0 saturated carbocycles. The summed E-state index contributed by atoms with van der Waals surface area (Å²) in [4.78, 5) is 34.4. The monoisotopic (exact) mass is 515 g/mol. The molecular formula is C29H29N3O4S. The van der Waals surface area contributed by atoms with Crippen LogP contribution in [0, 0.1) is 0 Å². The van der Waals surface area contributed by atoms with E-state index >= 15 is 0 Å². The molecule has 37 heavy (non-hydrogen) atoms. The van der Waals surface area contributed by atoms with Crippen LogP contribution in [0.15, 0.2) is 80.1 Å². The standard InChI is InChI=1S/C29H29N3O4S/c1-5-31(6-2)24-16-15-20(36-24)17-23-27(33)32-26(22-14-10-12-19-11-8-9-13-21(19)22)25(28(34)35-7-3)18(4)30-29(32)37-23/h8-17,26H,5-7H2,1-4H3/b23-17+/t26-/m1/s1. The predicted octanol–water partition coefficient (Wildman–Crippen LogP) is 4.39. The van der Waals surface area contributed by atoms with Crippen LogP contribution in [0.5, 0.6) is 0 Å². The molecule has 0 aliphatic carbocycles. The van der Waals surface area contributed by atoms with Crippen LogP contribution in [0.3, 0.4) is 0 Å². The van der Waals surface area contributed by atoms with Crippen molar-refractivity contribution in [3.63, 3.8) is 0 Å². The normalized spacial score (nSPS) is 15.6. The summed E-state index contributed by atoms with van der Waals surface area (Å²) in [5.41, 5.74) is 1.55. The molecule has 0 unspecified atom stereocenters. The van der Waals surface area contributed by atoms with Gasteiger partial charge in [-0.1, -0.05) is 53.8 Å². The molecule has 0 spiro atoms. The zero-order valence-corrected chi connectivity index (χ0v) is 22.2. The molecule has 2 aromatic carbocycles. The molecule has 190 valence electrons. The number of ether oxygens (including phenoxy) is 1. The highest BCUT2D eigenvalue weighted by atomic mass is 32.1. The van der Waals surface area contributed by atoms with Gasteiger partial charge < -0.3 is 14.1 Å². The number of aromatic nitrogens is 1. The molecule has 3 heterocycles. The molecule has 0 bridgehead atoms. The number of anilines is 1. The number of esters is 1. The van der Waals surface area contributed by atoms with Gasteiger partial charge in [0.25, 0.3) is 5.56 Å². The Bertz CT molecular complexity index is 1680. The molecule has 0 fully saturated rings. The van der Waals surface area contributed by atoms with Gasteiger partial charge in [0.1, 0.15) is 5.76 Å². The first-order valence-electron chi connectivity index (χ1n) is 12.5. The van der Waals surface area contributed by atoms with Crippen LogP contribution in [-0.4, -0.2) is 30.2 Å². The number of benzene rings is 2. The Morgan fingerprint density at radius 3 is 2.62 bits per heavy atom. The highest BCUT2D eigenvalue weighted by molar-refractivity contribution is 7.07. The summed E-state index contributed by atoms with van der Waals surface area (Å²) in [6.07, 6.45) is 1.75. The Hall–Kier alpha value is -3.91. The van der Waals surface area contributed by atoms with Crippen molar-refractivity contribution in [3.05, 3.63) is 96.9 Å². The zero-order chi connectivity index (χ0) is 26.1. The first kappa shape index (κ1) is 24.8. The smallest absolute Gasteiger partial charge is 0.338 e. The van der Waals surface area contributed by atoms with Crippen molar-refractivity contribution in [2.75, 3.05) is 24.6 Å². The third-order valence-electron chi connectivity index (χ3n) is 6.60. The van der Waals surface area contributed by atoms with E-state index in [1.165, 1.54) is 11.3 Å². The van der Waals surface area contributed by atoms with Gasteiger partial charge in [0.15, 0.2) is 10.7 Å². The van der Waals surface area contributed by atoms with Gasteiger partial charge >= 0.3 is 5.97 Å². The van der Waals surface area contributed by atoms with Gasteiger partial charge in [-0.3, -0.25) is 9.36 Å². The Morgan fingerprint density at radius 2 is 1.86 bits per heavy atom. The van der Waals surface area contributed by atoms with E-state index in [1.54, 1.807) is 24.5 Å². The molecule has 1 atom stereocenters. The largest absolute Gasteiger partial charge is 0.463 e. The van der Waals surface area contributed by atoms with Crippen molar-refractivity contribution in [1.82, 2.24) is 4.57 Å². The summed E-state index contributed by atoms with van der Waals surface area (Å²) in [5.74, 6) is 0.888. The molecule has 7 nitrogen and oxygen atoms in total. The number of thiazole rings is 1. The third kappa shape index (κ3) is 4.42. The van der Waals surface area contributed by atoms with Gasteiger partial charge in [-0.05, 0) is 50.1 Å². The molecule has 4 aromatic rings. The molecule has 0 radical (unpaired) electrons. The molecule has 0 N–H and O–H groups in total. The number of allylic oxidation sites excluding steroid dienone is 1. The number of carbonyl (C=O) groups is 1. The SMILES string of the molecule is CCOC(=O)C1=C(C)N=c2s/c(=C/c3ccc(N(CC)CC)o3)c(=O)n2[C@@H]1c1cccc2ccccc12. The van der Waals surface area contributed by atoms with E-state index in [4.69, 9.17) is 9.15 Å². The molecule has 8 heteroatoms. The van der Waals surface area contributed by atoms with E-state index in [0.29, 0.717) is 26.4 Å². The first-order valence-corrected chi connectivity index (χ1v) is 13.3. The number of carbonyl (C=O) groups excluding carboxylic acids is 1. The summed E-state index contributed by atoms with van der Waals surface area (Å²) in [5, 5.41) is 2.00. The van der Waals surface area contributed by atoms with Crippen LogP contribution in [0.2, 0.25) is 0 Å². The van der Waals surface area contributed by atoms with Crippen molar-refractivity contribution in [2.24, 2.45) is 4.99 Å². The summed E-state index contributed by atoms with van der Waals surface area (Å²) in [6.45, 7) is 9.59. The van der Waals surface area contributed by atoms with Gasteiger partial charge in [-0.25, -0.2) is 9.79 Å². The highest BCUT2D eigenvalue weighted by Crippen LogP contribution is 2.34. The average molecular weight is 516 g/mol. The maximum atomic E-state index is 13.9. The van der Waals surface area contributed by atoms with E-state index in [1.807, 2.05) is 54.6 Å². The summed E-state index contributed by atoms with van der Waals surface area (Å²) >= 11 is 1.29. The van der Waals surface area contributed by atoms with Crippen LogP contribution in [-0.2, 0) is 9.53 Å². The van der Waals surface area contributed by atoms with Gasteiger partial charge in [0.05, 0.1) is 28.5 Å². The van der Waals surface area contributed by atoms with Crippen molar-refractivity contribution >= 4 is 40.0 Å². The molecule has 1 aliphatic rings. The minimum Gasteiger partial charge on any atom is -0.463 e. The van der Waals surface area contributed by atoms with E-state index in [-0.39, 0.29) is 12.2 Å². The number of furan rings is 1. The Kier molecular flexibility index (Phi) is 6.84. The fourth-order valence-electron chi connectivity index (χ4n) is 4.83. The lowest BCUT2D eigenvalue weighted by molar-refractivity contribution is -0.139. The predicted molar refractivity (Wildman–Crippen MR) is 147 cm³/mol. The molecule has 2 aromatic heterocycles. The lowest BCUT2D eigenvalue weighted by Gasteiger charge is -2.25. The van der Waals surface area contributed by atoms with Crippen molar-refractivity contribution < 1.29 is 13.9 Å². The number of hydrogen-bond donors (Lipinski definition) is 0. The fourth-order valence-corrected chi connectivity index (χ4v) is 5.86. The Balaban J connectivity index is 1.72. The van der Waals surface area contributed by atoms with Crippen LogP contribution in [0.4, 0.5) is 5.88 Å². The van der Waals surface area contributed by atoms with E-state index < -0.39 is 12.0 Å². The van der Waals surface area contributed by atoms with Gasteiger partial charge in [-0.2, -0.15) is 0 Å². The second kappa shape index (κ2) is 10.2. The topological polar surface area (TPSA) is 77.0 Å². The second-order valence-electron chi connectivity index (χ2n) is 8.72. The molecule has 1 aliphatic heterocycles. The van der Waals surface area contributed by atoms with Crippen molar-refractivity contribution in [2.45, 2.75) is 33.7 Å². The van der Waals surface area contributed by atoms with Gasteiger partial charge in [-0.15, -0.1) is 0 Å². The lowest BCUT2D eigenvalue weighted by Crippen LogP contribution is -2.40. The van der Waals surface area contributed by atoms with Gasteiger partial charge in [0.2, 0.25) is 0 Å². The van der Waals surface area contributed by atoms with Crippen LogP contribution in [0.1, 0.15) is 45.1 Å². The summed E-state index contributed by atoms with van der Waals surface area (Å²) < 4.78 is 13.5. The molecule has 5 rings (SSSR count). The maximum absolute atomic E-state index is 13.9. The fraction of sp³-hybridized carbons (Fsp3) is 0.276. The van der Waals surface area contributed by atoms with Crippen LogP contribution in [0.25, 0.3) is 16.8 Å². The Morgan fingerprint density at radius 1 is 1.11 bits per heavy atom. The average Bonchev–Trinajstić information content (AvgIpc) is 3.48. The number of hydrogen-bond acceptors (Lipinski definition) is 7. The van der Waals surface area contributed by atoms with E-state index in [9.17, 15) is 9.59 Å². The number of rotatable bonds is 7. The van der Waals surface area contributed by atoms with Crippen LogP contribution < -0.4 is 19.8 Å². The number of fused-ring (bicyclic) bond motifs is 2. The maximum Gasteiger partial charge on any atom is 0.338 e. The van der Waals surface area contributed by atoms with Crippen molar-refractivity contribution in [3.8, 4) is 0 Å². The quantitative estimate of drug-likeness (QED) is 0.341. The highest BCUT2D eigenvalue weighted by Gasteiger charge is 2.34. The summed E-state index contributed by atoms with van der Waals surface area (Å²) in [6, 6.07) is 17.0. The molecular weight excluding hydrogens is 486 g/mol. The minimum atomic E-state index is -0.661. The molecule has 0 saturated heterocycles. The second-order valence-corrected chi connectivity index (χ2v) is 9.73. The van der Waals surface area contributed by atoms with E-state index in [0.717, 1.165) is 35.3 Å². The third-order valence-corrected chi connectivity index (χ3v) is 7.58. The minimum absolute atomic E-state index is 0.225. The first-order chi connectivity index (χ1) is 18.0. The lowest BCUT2D eigenvalue weighted by atomic mass is 9.91. The van der Waals surface area contributed by atoms with Crippen LogP contribution >= 0.6 is 11.3 Å². The van der Waals surface area contributed by atoms with E-state index in [2.05, 4.69) is 23.7 Å². The molecule has 0 amide bonds. The van der Waals surface area contributed by atoms with Gasteiger partial charge in [0, 0.05) is 25.2 Å². The van der Waals surface area contributed by atoms with Crippen molar-refractivity contribution in [1.29, 1.82) is 0 Å². The Labute approximate surface area is 218 Å². The zero-order valence-electron chi connectivity index (χ0n) is 21.4. The summed E-state index contributed by atoms with van der Waals surface area (Å²) in [7, 11) is 0.